The van der Waals surface area contributed by atoms with Crippen LogP contribution in [0.4, 0.5) is 0 Å². The lowest BCUT2D eigenvalue weighted by molar-refractivity contribution is -0.129. The lowest BCUT2D eigenvalue weighted by atomic mass is 9.91. The number of pyridine rings is 1. The lowest BCUT2D eigenvalue weighted by Crippen LogP contribution is -2.29. The Morgan fingerprint density at radius 2 is 2.17 bits per heavy atom. The molecule has 1 aromatic heterocycles. The van der Waals surface area contributed by atoms with Crippen molar-refractivity contribution in [2.24, 2.45) is 5.41 Å². The highest BCUT2D eigenvalue weighted by Crippen LogP contribution is 2.41. The molecule has 1 aliphatic carbocycles. The number of hydrogen-bond donors (Lipinski definition) is 0. The first-order chi connectivity index (χ1) is 10.9. The molecule has 1 aromatic rings. The largest absolute Gasteiger partial charge is 0.490 e. The highest BCUT2D eigenvalue weighted by molar-refractivity contribution is 14.1. The summed E-state index contributed by atoms with van der Waals surface area (Å²) >= 11 is 8.44. The Kier molecular flexibility index (Phi) is 6.50. The molecule has 7 heteroatoms. The molecule has 0 saturated heterocycles. The minimum Gasteiger partial charge on any atom is -0.490 e. The maximum absolute atomic E-state index is 12.3. The Balaban J connectivity index is 2.11. The molecule has 0 amide bonds. The van der Waals surface area contributed by atoms with Crippen molar-refractivity contribution in [2.75, 3.05) is 20.3 Å². The van der Waals surface area contributed by atoms with Crippen LogP contribution in [0.3, 0.4) is 0 Å². The third kappa shape index (κ3) is 4.48. The number of carbonyl (C=O) groups is 1. The van der Waals surface area contributed by atoms with E-state index in [9.17, 15) is 4.79 Å². The first kappa shape index (κ1) is 18.7. The van der Waals surface area contributed by atoms with Crippen molar-refractivity contribution in [3.8, 4) is 11.5 Å². The van der Waals surface area contributed by atoms with E-state index in [2.05, 4.69) is 4.98 Å². The molecule has 0 aromatic carbocycles. The predicted octanol–water partition coefficient (Wildman–Crippen LogP) is 3.89. The van der Waals surface area contributed by atoms with Gasteiger partial charge < -0.3 is 14.2 Å². The number of ether oxygens (including phenoxy) is 3. The average molecular weight is 454 g/mol. The van der Waals surface area contributed by atoms with E-state index in [0.717, 1.165) is 12.8 Å². The molecule has 1 aliphatic rings. The Morgan fingerprint density at radius 1 is 1.43 bits per heavy atom. The van der Waals surface area contributed by atoms with Gasteiger partial charge >= 0.3 is 0 Å². The molecule has 0 radical (unpaired) electrons. The molecule has 1 fully saturated rings. The van der Waals surface area contributed by atoms with E-state index in [1.165, 1.54) is 0 Å². The van der Waals surface area contributed by atoms with Crippen molar-refractivity contribution >= 4 is 40.0 Å². The van der Waals surface area contributed by atoms with Crippen molar-refractivity contribution in [1.82, 2.24) is 4.98 Å². The van der Waals surface area contributed by atoms with E-state index in [-0.39, 0.29) is 11.2 Å². The van der Waals surface area contributed by atoms with Gasteiger partial charge in [-0.25, -0.2) is 4.98 Å². The second-order valence-corrected chi connectivity index (χ2v) is 7.54. The highest BCUT2D eigenvalue weighted by Gasteiger charge is 2.42. The Bertz CT molecular complexity index is 579. The quantitative estimate of drug-likeness (QED) is 0.356. The number of Topliss-reactive ketones (excluding diaryl/α,β-unsaturated/α-hetero) is 1. The van der Waals surface area contributed by atoms with Crippen LogP contribution < -0.4 is 9.47 Å². The fourth-order valence-electron chi connectivity index (χ4n) is 2.46. The van der Waals surface area contributed by atoms with Gasteiger partial charge in [0.25, 0.3) is 0 Å². The van der Waals surface area contributed by atoms with E-state index < -0.39 is 6.10 Å². The molecule has 128 valence electrons. The molecule has 1 atom stereocenters. The topological polar surface area (TPSA) is 57.6 Å². The fourth-order valence-corrected chi connectivity index (χ4v) is 3.39. The maximum atomic E-state index is 12.3. The third-order valence-electron chi connectivity index (χ3n) is 3.90. The molecule has 1 heterocycles. The van der Waals surface area contributed by atoms with Gasteiger partial charge in [-0.1, -0.05) is 25.4 Å². The zero-order chi connectivity index (χ0) is 17.0. The van der Waals surface area contributed by atoms with Gasteiger partial charge in [0.1, 0.15) is 8.72 Å². The zero-order valence-electron chi connectivity index (χ0n) is 13.5. The standard InChI is InChI=1S/C16H21ClINO4/c1-16(2)6-5-10(14(16)20)23-13-12(17)11(9-19-15(13)18)22-8-4-7-21-3/h9-10H,4-8H2,1-3H3. The average Bonchev–Trinajstić information content (AvgIpc) is 2.76. The maximum Gasteiger partial charge on any atom is 0.178 e. The molecular formula is C16H21ClINO4. The Labute approximate surface area is 155 Å². The fraction of sp³-hybridized carbons (Fsp3) is 0.625. The zero-order valence-corrected chi connectivity index (χ0v) is 16.4. The number of nitrogens with zero attached hydrogens (tertiary/aromatic N) is 1. The van der Waals surface area contributed by atoms with Crippen LogP contribution in [0.25, 0.3) is 0 Å². The Morgan fingerprint density at radius 3 is 2.78 bits per heavy atom. The van der Waals surface area contributed by atoms with E-state index in [1.807, 2.05) is 36.4 Å². The van der Waals surface area contributed by atoms with Crippen LogP contribution in [0.2, 0.25) is 5.02 Å². The first-order valence-electron chi connectivity index (χ1n) is 7.53. The molecule has 0 N–H and O–H groups in total. The molecule has 23 heavy (non-hydrogen) atoms. The van der Waals surface area contributed by atoms with Crippen LogP contribution in [0.5, 0.6) is 11.5 Å². The van der Waals surface area contributed by atoms with Gasteiger partial charge in [0.05, 0.1) is 12.8 Å². The molecular weight excluding hydrogens is 433 g/mol. The van der Waals surface area contributed by atoms with Gasteiger partial charge in [0.15, 0.2) is 23.4 Å². The summed E-state index contributed by atoms with van der Waals surface area (Å²) in [6.45, 7) is 4.98. The summed E-state index contributed by atoms with van der Waals surface area (Å²) in [4.78, 5) is 16.6. The Hall–Kier alpha value is -0.600. The van der Waals surface area contributed by atoms with Crippen molar-refractivity contribution in [3.05, 3.63) is 14.9 Å². The van der Waals surface area contributed by atoms with Crippen molar-refractivity contribution < 1.29 is 19.0 Å². The minimum atomic E-state index is -0.471. The summed E-state index contributed by atoms with van der Waals surface area (Å²) in [5, 5.41) is 0.360. The van der Waals surface area contributed by atoms with Crippen molar-refractivity contribution in [1.29, 1.82) is 0 Å². The van der Waals surface area contributed by atoms with Crippen LogP contribution in [-0.2, 0) is 9.53 Å². The molecule has 1 unspecified atom stereocenters. The second kappa shape index (κ2) is 7.98. The van der Waals surface area contributed by atoms with Gasteiger partial charge in [0, 0.05) is 25.6 Å². The van der Waals surface area contributed by atoms with E-state index >= 15 is 0 Å². The second-order valence-electron chi connectivity index (χ2n) is 6.14. The number of hydrogen-bond acceptors (Lipinski definition) is 5. The van der Waals surface area contributed by atoms with Crippen LogP contribution in [0, 0.1) is 9.12 Å². The molecule has 5 nitrogen and oxygen atoms in total. The van der Waals surface area contributed by atoms with Crippen LogP contribution in [-0.4, -0.2) is 37.2 Å². The summed E-state index contributed by atoms with van der Waals surface area (Å²) < 4.78 is 17.1. The van der Waals surface area contributed by atoms with E-state index in [4.69, 9.17) is 25.8 Å². The summed E-state index contributed by atoms with van der Waals surface area (Å²) in [5.74, 6) is 0.992. The summed E-state index contributed by atoms with van der Waals surface area (Å²) in [6, 6.07) is 0. The van der Waals surface area contributed by atoms with Gasteiger partial charge in [-0.15, -0.1) is 0 Å². The monoisotopic (exact) mass is 453 g/mol. The van der Waals surface area contributed by atoms with E-state index in [1.54, 1.807) is 13.3 Å². The molecule has 0 spiro atoms. The number of rotatable bonds is 7. The van der Waals surface area contributed by atoms with Gasteiger partial charge in [-0.2, -0.15) is 0 Å². The smallest absolute Gasteiger partial charge is 0.178 e. The number of halogens is 2. The molecule has 2 rings (SSSR count). The van der Waals surface area contributed by atoms with Gasteiger partial charge in [-0.3, -0.25) is 4.79 Å². The van der Waals surface area contributed by atoms with Crippen LogP contribution in [0.1, 0.15) is 33.1 Å². The number of methoxy groups -OCH3 is 1. The summed E-state index contributed by atoms with van der Waals surface area (Å²) in [7, 11) is 1.64. The first-order valence-corrected chi connectivity index (χ1v) is 8.99. The molecule has 0 bridgehead atoms. The SMILES string of the molecule is COCCCOc1cnc(I)c(OC2CCC(C)(C)C2=O)c1Cl. The normalized spacial score (nSPS) is 19.9. The van der Waals surface area contributed by atoms with Gasteiger partial charge in [0.2, 0.25) is 0 Å². The molecule has 0 aliphatic heterocycles. The van der Waals surface area contributed by atoms with E-state index in [0.29, 0.717) is 39.9 Å². The van der Waals surface area contributed by atoms with Crippen molar-refractivity contribution in [3.63, 3.8) is 0 Å². The van der Waals surface area contributed by atoms with Crippen LogP contribution >= 0.6 is 34.2 Å². The van der Waals surface area contributed by atoms with Crippen molar-refractivity contribution in [2.45, 2.75) is 39.2 Å². The summed E-state index contributed by atoms with van der Waals surface area (Å²) in [5.41, 5.74) is -0.343. The van der Waals surface area contributed by atoms with Crippen LogP contribution in [0.15, 0.2) is 6.20 Å². The molecule has 1 saturated carbocycles. The lowest BCUT2D eigenvalue weighted by Gasteiger charge is -2.19. The highest BCUT2D eigenvalue weighted by atomic mass is 127. The third-order valence-corrected chi connectivity index (χ3v) is 5.03. The predicted molar refractivity (Wildman–Crippen MR) is 96.4 cm³/mol. The van der Waals surface area contributed by atoms with Gasteiger partial charge in [-0.05, 0) is 35.4 Å². The minimum absolute atomic E-state index is 0.107. The summed E-state index contributed by atoms with van der Waals surface area (Å²) in [6.07, 6.45) is 3.36. The number of carbonyl (C=O) groups excluding carboxylic acids is 1. The number of ketones is 1. The number of aromatic nitrogens is 1.